The van der Waals surface area contributed by atoms with Gasteiger partial charge in [-0.1, -0.05) is 0 Å². The van der Waals surface area contributed by atoms with Crippen molar-refractivity contribution in [1.29, 1.82) is 0 Å². The van der Waals surface area contributed by atoms with Crippen LogP contribution in [-0.4, -0.2) is 30.9 Å². The molecule has 0 radical (unpaired) electrons. The van der Waals surface area contributed by atoms with Crippen LogP contribution in [0.3, 0.4) is 0 Å². The van der Waals surface area contributed by atoms with E-state index in [1.165, 1.54) is 12.8 Å². The number of alkyl carbamates (subject to hydrolysis) is 1. The predicted octanol–water partition coefficient (Wildman–Crippen LogP) is 2.22. The molecule has 1 amide bonds. The van der Waals surface area contributed by atoms with Crippen molar-refractivity contribution in [2.24, 2.45) is 0 Å². The number of hydrogen-bond acceptors (Lipinski definition) is 3. The van der Waals surface area contributed by atoms with E-state index >= 15 is 0 Å². The molecule has 1 N–H and O–H groups in total. The molecule has 2 aliphatic rings. The van der Waals surface area contributed by atoms with E-state index in [9.17, 15) is 4.79 Å². The third-order valence-corrected chi connectivity index (χ3v) is 3.58. The minimum absolute atomic E-state index is 0.142. The zero-order valence-electron chi connectivity index (χ0n) is 9.96. The predicted molar refractivity (Wildman–Crippen MR) is 60.3 cm³/mol. The number of hydrogen-bond donors (Lipinski definition) is 1. The molecule has 0 aromatic rings. The monoisotopic (exact) mass is 227 g/mol. The fourth-order valence-electron chi connectivity index (χ4n) is 2.38. The molecule has 2 fully saturated rings. The number of nitrogens with one attached hydrogen (secondary N) is 1. The van der Waals surface area contributed by atoms with Crippen LogP contribution in [0.25, 0.3) is 0 Å². The highest BCUT2D eigenvalue weighted by Gasteiger charge is 2.30. The van der Waals surface area contributed by atoms with Gasteiger partial charge in [0.15, 0.2) is 0 Å². The molecule has 4 heteroatoms. The Morgan fingerprint density at radius 3 is 2.56 bits per heavy atom. The van der Waals surface area contributed by atoms with Gasteiger partial charge in [-0.05, 0) is 45.4 Å². The Hall–Kier alpha value is -0.770. The van der Waals surface area contributed by atoms with Gasteiger partial charge >= 0.3 is 6.09 Å². The van der Waals surface area contributed by atoms with E-state index in [1.807, 2.05) is 0 Å². The summed E-state index contributed by atoms with van der Waals surface area (Å²) in [5, 5.41) is 2.98. The zero-order valence-corrected chi connectivity index (χ0v) is 9.96. The first-order valence-corrected chi connectivity index (χ1v) is 6.24. The van der Waals surface area contributed by atoms with E-state index in [0.717, 1.165) is 38.9 Å². The largest absolute Gasteiger partial charge is 0.446 e. The normalized spacial score (nSPS) is 25.3. The summed E-state index contributed by atoms with van der Waals surface area (Å²) in [6.07, 6.45) is 6.03. The van der Waals surface area contributed by atoms with E-state index in [-0.39, 0.29) is 17.7 Å². The minimum Gasteiger partial charge on any atom is -0.446 e. The second kappa shape index (κ2) is 5.04. The van der Waals surface area contributed by atoms with Crippen LogP contribution in [0, 0.1) is 0 Å². The summed E-state index contributed by atoms with van der Waals surface area (Å²) < 4.78 is 10.7. The highest BCUT2D eigenvalue weighted by molar-refractivity contribution is 5.68. The Balaban J connectivity index is 1.76. The molecular formula is C12H21NO3. The Kier molecular flexibility index (Phi) is 3.69. The molecule has 0 spiro atoms. The van der Waals surface area contributed by atoms with Crippen LogP contribution in [0.2, 0.25) is 0 Å². The number of amides is 1. The van der Waals surface area contributed by atoms with E-state index in [0.29, 0.717) is 0 Å². The first-order valence-electron chi connectivity index (χ1n) is 6.24. The Labute approximate surface area is 96.7 Å². The molecule has 1 aliphatic carbocycles. The van der Waals surface area contributed by atoms with Crippen LogP contribution in [0.1, 0.15) is 45.4 Å². The lowest BCUT2D eigenvalue weighted by molar-refractivity contribution is 0.0364. The van der Waals surface area contributed by atoms with Crippen molar-refractivity contribution < 1.29 is 14.3 Å². The highest BCUT2D eigenvalue weighted by atomic mass is 16.6. The summed E-state index contributed by atoms with van der Waals surface area (Å²) in [6.45, 7) is 3.51. The van der Waals surface area contributed by atoms with Crippen molar-refractivity contribution in [1.82, 2.24) is 5.32 Å². The molecule has 16 heavy (non-hydrogen) atoms. The molecule has 1 heterocycles. The van der Waals surface area contributed by atoms with Gasteiger partial charge in [0.05, 0.1) is 0 Å². The summed E-state index contributed by atoms with van der Waals surface area (Å²) in [6, 6.07) is 0. The molecule has 0 aromatic carbocycles. The molecule has 4 nitrogen and oxygen atoms in total. The Bertz CT molecular complexity index is 243. The number of rotatable bonds is 2. The summed E-state index contributed by atoms with van der Waals surface area (Å²) >= 11 is 0. The van der Waals surface area contributed by atoms with Crippen LogP contribution < -0.4 is 5.32 Å². The maximum absolute atomic E-state index is 11.7. The second-order valence-corrected chi connectivity index (χ2v) is 5.11. The summed E-state index contributed by atoms with van der Waals surface area (Å²) in [5.41, 5.74) is -0.145. The van der Waals surface area contributed by atoms with Crippen molar-refractivity contribution in [3.63, 3.8) is 0 Å². The van der Waals surface area contributed by atoms with Gasteiger partial charge in [0.25, 0.3) is 0 Å². The van der Waals surface area contributed by atoms with Gasteiger partial charge in [0.2, 0.25) is 0 Å². The van der Waals surface area contributed by atoms with Gasteiger partial charge in [-0.2, -0.15) is 0 Å². The highest BCUT2D eigenvalue weighted by Crippen LogP contribution is 2.23. The van der Waals surface area contributed by atoms with Gasteiger partial charge in [-0.15, -0.1) is 0 Å². The lowest BCUT2D eigenvalue weighted by atomic mass is 9.93. The van der Waals surface area contributed by atoms with Gasteiger partial charge in [0.1, 0.15) is 6.10 Å². The molecule has 0 atom stereocenters. The molecule has 1 aliphatic heterocycles. The molecule has 0 bridgehead atoms. The standard InChI is InChI=1S/C12H21NO3/c1-12(6-8-15-9-7-12)13-11(14)16-10-4-2-3-5-10/h10H,2-9H2,1H3,(H,13,14). The first-order chi connectivity index (χ1) is 7.68. The van der Waals surface area contributed by atoms with Gasteiger partial charge in [-0.3, -0.25) is 0 Å². The Morgan fingerprint density at radius 2 is 1.94 bits per heavy atom. The fraction of sp³-hybridized carbons (Fsp3) is 0.917. The first kappa shape index (κ1) is 11.7. The zero-order chi connectivity index (χ0) is 11.4. The molecule has 92 valence electrons. The smallest absolute Gasteiger partial charge is 0.407 e. The van der Waals surface area contributed by atoms with Crippen molar-refractivity contribution in [2.45, 2.75) is 57.1 Å². The SMILES string of the molecule is CC1(NC(=O)OC2CCCC2)CCOCC1. The van der Waals surface area contributed by atoms with Gasteiger partial charge in [0, 0.05) is 18.8 Å². The maximum Gasteiger partial charge on any atom is 0.407 e. The molecule has 0 unspecified atom stereocenters. The van der Waals surface area contributed by atoms with Crippen molar-refractivity contribution >= 4 is 6.09 Å². The second-order valence-electron chi connectivity index (χ2n) is 5.11. The topological polar surface area (TPSA) is 47.6 Å². The maximum atomic E-state index is 11.7. The molecule has 1 saturated heterocycles. The number of carbonyl (C=O) groups excluding carboxylic acids is 1. The minimum atomic E-state index is -0.253. The van der Waals surface area contributed by atoms with Crippen LogP contribution >= 0.6 is 0 Å². The molecule has 0 aromatic heterocycles. The lowest BCUT2D eigenvalue weighted by Crippen LogP contribution is -2.50. The molecular weight excluding hydrogens is 206 g/mol. The van der Waals surface area contributed by atoms with Crippen molar-refractivity contribution in [3.8, 4) is 0 Å². The number of ether oxygens (including phenoxy) is 2. The molecule has 1 saturated carbocycles. The average molecular weight is 227 g/mol. The Morgan fingerprint density at radius 1 is 1.31 bits per heavy atom. The van der Waals surface area contributed by atoms with Crippen molar-refractivity contribution in [2.75, 3.05) is 13.2 Å². The summed E-state index contributed by atoms with van der Waals surface area (Å²) in [5.74, 6) is 0. The van der Waals surface area contributed by atoms with Crippen LogP contribution in [0.5, 0.6) is 0 Å². The van der Waals surface area contributed by atoms with E-state index < -0.39 is 0 Å². The van der Waals surface area contributed by atoms with E-state index in [1.54, 1.807) is 0 Å². The molecule has 2 rings (SSSR count). The van der Waals surface area contributed by atoms with Crippen LogP contribution in [0.15, 0.2) is 0 Å². The lowest BCUT2D eigenvalue weighted by Gasteiger charge is -2.34. The van der Waals surface area contributed by atoms with Crippen molar-refractivity contribution in [3.05, 3.63) is 0 Å². The third-order valence-electron chi connectivity index (χ3n) is 3.58. The summed E-state index contributed by atoms with van der Waals surface area (Å²) in [4.78, 5) is 11.7. The van der Waals surface area contributed by atoms with Gasteiger partial charge < -0.3 is 14.8 Å². The van der Waals surface area contributed by atoms with E-state index in [4.69, 9.17) is 9.47 Å². The average Bonchev–Trinajstić information content (AvgIpc) is 2.70. The third kappa shape index (κ3) is 3.11. The van der Waals surface area contributed by atoms with Gasteiger partial charge in [-0.25, -0.2) is 4.79 Å². The quantitative estimate of drug-likeness (QED) is 0.787. The van der Waals surface area contributed by atoms with Crippen LogP contribution in [0.4, 0.5) is 4.79 Å². The summed E-state index contributed by atoms with van der Waals surface area (Å²) in [7, 11) is 0. The van der Waals surface area contributed by atoms with E-state index in [2.05, 4.69) is 12.2 Å². The number of carbonyl (C=O) groups is 1. The van der Waals surface area contributed by atoms with Crippen LogP contribution in [-0.2, 0) is 9.47 Å². The fourth-order valence-corrected chi connectivity index (χ4v) is 2.38.